The second kappa shape index (κ2) is 7.94. The molecule has 0 aliphatic heterocycles. The Morgan fingerprint density at radius 3 is 2.20 bits per heavy atom. The summed E-state index contributed by atoms with van der Waals surface area (Å²) in [6.07, 6.45) is 0. The number of nitrogens with zero attached hydrogens (tertiary/aromatic N) is 1. The van der Waals surface area contributed by atoms with E-state index in [1.165, 1.54) is 6.92 Å². The molecular weight excluding hydrogens is 279 g/mol. The zero-order valence-corrected chi connectivity index (χ0v) is 12.7. The number of Topliss-reactive ketones (excluding diaryl/α,β-unsaturated/α-hetero) is 1. The Kier molecular flexibility index (Phi) is 6.58. The molecule has 6 nitrogen and oxygen atoms in total. The third kappa shape index (κ3) is 4.56. The number of nitrogens with one attached hydrogen (secondary N) is 1. The van der Waals surface area contributed by atoms with Crippen LogP contribution in [-0.4, -0.2) is 24.4 Å². The second-order valence-corrected chi connectivity index (χ2v) is 5.74. The van der Waals surface area contributed by atoms with Crippen molar-refractivity contribution in [2.24, 2.45) is 5.10 Å². The summed E-state index contributed by atoms with van der Waals surface area (Å²) in [7, 11) is -3.68. The summed E-state index contributed by atoms with van der Waals surface area (Å²) in [6, 6.07) is 9.03. The molecule has 0 heterocycles. The Bertz CT molecular complexity index is 506. The number of hydrogen-bond acceptors (Lipinski definition) is 6. The van der Waals surface area contributed by atoms with Crippen molar-refractivity contribution in [2.75, 3.05) is 18.6 Å². The second-order valence-electron chi connectivity index (χ2n) is 3.80. The van der Waals surface area contributed by atoms with Crippen LogP contribution in [0.5, 0.6) is 0 Å². The average Bonchev–Trinajstić information content (AvgIpc) is 2.40. The van der Waals surface area contributed by atoms with Gasteiger partial charge in [0.2, 0.25) is 5.45 Å². The van der Waals surface area contributed by atoms with E-state index in [2.05, 4.69) is 10.5 Å². The van der Waals surface area contributed by atoms with Crippen molar-refractivity contribution in [1.29, 1.82) is 0 Å². The van der Waals surface area contributed by atoms with Crippen LogP contribution in [0.25, 0.3) is 0 Å². The maximum atomic E-state index is 12.5. The van der Waals surface area contributed by atoms with Crippen LogP contribution in [0.15, 0.2) is 35.4 Å². The minimum atomic E-state index is -3.68. The van der Waals surface area contributed by atoms with E-state index in [4.69, 9.17) is 9.05 Å². The van der Waals surface area contributed by atoms with E-state index in [1.54, 1.807) is 26.0 Å². The lowest BCUT2D eigenvalue weighted by Gasteiger charge is -2.17. The molecule has 0 aliphatic rings. The molecule has 20 heavy (non-hydrogen) atoms. The molecule has 0 saturated carbocycles. The molecule has 110 valence electrons. The Hall–Kier alpha value is -1.49. The SMILES string of the molecule is CCOP(=O)(OCC)C(=NNc1ccccc1)C(C)=O. The summed E-state index contributed by atoms with van der Waals surface area (Å²) in [4.78, 5) is 11.7. The normalized spacial score (nSPS) is 12.2. The van der Waals surface area contributed by atoms with Gasteiger partial charge in [0.05, 0.1) is 18.9 Å². The molecule has 0 aromatic heterocycles. The van der Waals surface area contributed by atoms with Crippen LogP contribution >= 0.6 is 7.60 Å². The van der Waals surface area contributed by atoms with Crippen LogP contribution < -0.4 is 5.43 Å². The van der Waals surface area contributed by atoms with E-state index in [1.807, 2.05) is 18.2 Å². The summed E-state index contributed by atoms with van der Waals surface area (Å²) in [5, 5.41) is 3.91. The molecule has 1 aromatic rings. The summed E-state index contributed by atoms with van der Waals surface area (Å²) < 4.78 is 22.8. The van der Waals surface area contributed by atoms with Crippen molar-refractivity contribution in [1.82, 2.24) is 0 Å². The molecule has 0 spiro atoms. The number of carbonyl (C=O) groups is 1. The van der Waals surface area contributed by atoms with Crippen molar-refractivity contribution in [3.8, 4) is 0 Å². The number of para-hydroxylation sites is 1. The van der Waals surface area contributed by atoms with Gasteiger partial charge in [-0.1, -0.05) is 18.2 Å². The van der Waals surface area contributed by atoms with Crippen molar-refractivity contribution >= 4 is 24.5 Å². The van der Waals surface area contributed by atoms with Gasteiger partial charge in [-0.15, -0.1) is 0 Å². The van der Waals surface area contributed by atoms with Gasteiger partial charge in [-0.3, -0.25) is 14.8 Å². The monoisotopic (exact) mass is 298 g/mol. The van der Waals surface area contributed by atoms with E-state index in [0.29, 0.717) is 5.69 Å². The largest absolute Gasteiger partial charge is 0.385 e. The summed E-state index contributed by atoms with van der Waals surface area (Å²) in [6.45, 7) is 4.95. The molecule has 1 aromatic carbocycles. The van der Waals surface area contributed by atoms with E-state index in [9.17, 15) is 9.36 Å². The van der Waals surface area contributed by atoms with Crippen LogP contribution in [0.1, 0.15) is 20.8 Å². The van der Waals surface area contributed by atoms with Gasteiger partial charge in [0.15, 0.2) is 5.78 Å². The predicted octanol–water partition coefficient (Wildman–Crippen LogP) is 3.27. The first-order valence-electron chi connectivity index (χ1n) is 6.32. The number of hydrogen-bond donors (Lipinski definition) is 1. The van der Waals surface area contributed by atoms with E-state index >= 15 is 0 Å². The molecule has 1 rings (SSSR count). The van der Waals surface area contributed by atoms with Crippen LogP contribution in [0.3, 0.4) is 0 Å². The average molecular weight is 298 g/mol. The number of anilines is 1. The van der Waals surface area contributed by atoms with Crippen LogP contribution in [0, 0.1) is 0 Å². The Morgan fingerprint density at radius 1 is 1.20 bits per heavy atom. The van der Waals surface area contributed by atoms with Gasteiger partial charge in [-0.25, -0.2) is 0 Å². The number of carbonyl (C=O) groups excluding carboxylic acids is 1. The number of rotatable bonds is 8. The number of hydrazone groups is 1. The standard InChI is InChI=1S/C13H19N2O4P/c1-4-18-20(17,19-5-2)13(11(3)16)15-14-12-9-7-6-8-10-12/h6-10,14H,4-5H2,1-3H3. The Labute approximate surface area is 118 Å². The number of benzene rings is 1. The van der Waals surface area contributed by atoms with Crippen LogP contribution in [0.2, 0.25) is 0 Å². The van der Waals surface area contributed by atoms with Gasteiger partial charge in [0.25, 0.3) is 0 Å². The highest BCUT2D eigenvalue weighted by Crippen LogP contribution is 2.49. The first-order chi connectivity index (χ1) is 9.53. The van der Waals surface area contributed by atoms with Gasteiger partial charge >= 0.3 is 7.60 Å². The molecule has 0 bridgehead atoms. The molecule has 0 atom stereocenters. The van der Waals surface area contributed by atoms with E-state index < -0.39 is 13.4 Å². The first-order valence-corrected chi connectivity index (χ1v) is 7.87. The summed E-state index contributed by atoms with van der Waals surface area (Å²) in [5.74, 6) is -0.460. The third-order valence-corrected chi connectivity index (χ3v) is 4.37. The highest BCUT2D eigenvalue weighted by molar-refractivity contribution is 7.75. The lowest BCUT2D eigenvalue weighted by atomic mass is 10.3. The van der Waals surface area contributed by atoms with Crippen molar-refractivity contribution in [2.45, 2.75) is 20.8 Å². The molecule has 7 heteroatoms. The lowest BCUT2D eigenvalue weighted by Crippen LogP contribution is -2.16. The predicted molar refractivity (Wildman–Crippen MR) is 79.0 cm³/mol. The minimum Gasteiger partial charge on any atom is -0.304 e. The smallest absolute Gasteiger partial charge is 0.304 e. The third-order valence-electron chi connectivity index (χ3n) is 2.24. The highest BCUT2D eigenvalue weighted by Gasteiger charge is 2.35. The van der Waals surface area contributed by atoms with Crippen molar-refractivity contribution in [3.63, 3.8) is 0 Å². The zero-order chi connectivity index (χ0) is 15.0. The van der Waals surface area contributed by atoms with E-state index in [-0.39, 0.29) is 18.7 Å². The van der Waals surface area contributed by atoms with Gasteiger partial charge < -0.3 is 9.05 Å². The van der Waals surface area contributed by atoms with Crippen LogP contribution in [-0.2, 0) is 18.4 Å². The number of ketones is 1. The van der Waals surface area contributed by atoms with E-state index in [0.717, 1.165) is 0 Å². The molecular formula is C13H19N2O4P. The van der Waals surface area contributed by atoms with Gasteiger partial charge in [-0.2, -0.15) is 5.10 Å². The maximum absolute atomic E-state index is 12.5. The van der Waals surface area contributed by atoms with Gasteiger partial charge in [0, 0.05) is 6.92 Å². The molecule has 0 aliphatic carbocycles. The van der Waals surface area contributed by atoms with Crippen LogP contribution in [0.4, 0.5) is 5.69 Å². The Balaban J connectivity index is 3.03. The van der Waals surface area contributed by atoms with Crippen molar-refractivity contribution < 1.29 is 18.4 Å². The first kappa shape index (κ1) is 16.6. The molecule has 0 unspecified atom stereocenters. The molecule has 0 saturated heterocycles. The fourth-order valence-corrected chi connectivity index (χ4v) is 3.02. The summed E-state index contributed by atoms with van der Waals surface area (Å²) in [5.41, 5.74) is 3.12. The lowest BCUT2D eigenvalue weighted by molar-refractivity contribution is -0.110. The Morgan fingerprint density at radius 2 is 1.75 bits per heavy atom. The molecule has 0 radical (unpaired) electrons. The summed E-state index contributed by atoms with van der Waals surface area (Å²) >= 11 is 0. The van der Waals surface area contributed by atoms with Crippen molar-refractivity contribution in [3.05, 3.63) is 30.3 Å². The quantitative estimate of drug-likeness (QED) is 0.453. The van der Waals surface area contributed by atoms with Gasteiger partial charge in [-0.05, 0) is 26.0 Å². The fourth-order valence-electron chi connectivity index (χ4n) is 1.46. The molecule has 0 fully saturated rings. The molecule has 0 amide bonds. The molecule has 1 N–H and O–H groups in total. The maximum Gasteiger partial charge on any atom is 0.385 e. The fraction of sp³-hybridized carbons (Fsp3) is 0.385. The zero-order valence-electron chi connectivity index (χ0n) is 11.8. The minimum absolute atomic E-state index is 0.162. The topological polar surface area (TPSA) is 77.0 Å². The van der Waals surface area contributed by atoms with Gasteiger partial charge in [0.1, 0.15) is 0 Å². The highest BCUT2D eigenvalue weighted by atomic mass is 31.2.